The van der Waals surface area contributed by atoms with Crippen molar-refractivity contribution in [2.24, 2.45) is 0 Å². The Bertz CT molecular complexity index is 699. The van der Waals surface area contributed by atoms with Gasteiger partial charge < -0.3 is 14.2 Å². The van der Waals surface area contributed by atoms with Crippen LogP contribution in [-0.4, -0.2) is 37.2 Å². The smallest absolute Gasteiger partial charge is 0.237 e. The second kappa shape index (κ2) is 4.76. The predicted molar refractivity (Wildman–Crippen MR) is 79.1 cm³/mol. The molecule has 1 aliphatic carbocycles. The van der Waals surface area contributed by atoms with Crippen molar-refractivity contribution in [1.29, 1.82) is 0 Å². The molecular formula is C17H18O5. The number of Topliss-reactive ketones (excluding diaryl/α,β-unsaturated/α-hetero) is 1. The van der Waals surface area contributed by atoms with E-state index in [1.165, 1.54) is 26.4 Å². The van der Waals surface area contributed by atoms with Gasteiger partial charge in [0, 0.05) is 14.2 Å². The number of ether oxygens (including phenoxy) is 3. The Balaban J connectivity index is 2.20. The molecule has 0 saturated carbocycles. The van der Waals surface area contributed by atoms with Crippen molar-refractivity contribution in [1.82, 2.24) is 0 Å². The molecule has 22 heavy (non-hydrogen) atoms. The van der Waals surface area contributed by atoms with Gasteiger partial charge in [0.15, 0.2) is 5.78 Å². The molecule has 1 spiro atoms. The summed E-state index contributed by atoms with van der Waals surface area (Å²) in [5.74, 6) is -1.43. The number of ketones is 2. The lowest BCUT2D eigenvalue weighted by Gasteiger charge is -2.43. The van der Waals surface area contributed by atoms with Crippen LogP contribution in [0.25, 0.3) is 0 Å². The minimum atomic E-state index is -1.51. The number of carbonyl (C=O) groups is 2. The van der Waals surface area contributed by atoms with Crippen LogP contribution >= 0.6 is 0 Å². The van der Waals surface area contributed by atoms with Crippen molar-refractivity contribution < 1.29 is 23.8 Å². The van der Waals surface area contributed by atoms with Crippen molar-refractivity contribution >= 4 is 11.6 Å². The SMILES string of the molecule is COC1(OC)C=CC(=O)CC12Oc1cc(C)c(C)cc1C2=O. The number of hydrogen-bond donors (Lipinski definition) is 0. The van der Waals surface area contributed by atoms with Gasteiger partial charge in [0.05, 0.1) is 12.0 Å². The number of carbonyl (C=O) groups excluding carboxylic acids is 2. The fourth-order valence-electron chi connectivity index (χ4n) is 3.16. The number of methoxy groups -OCH3 is 2. The average Bonchev–Trinajstić information content (AvgIpc) is 2.75. The standard InChI is InChI=1S/C17H18O5/c1-10-7-13-14(8-11(10)2)22-16(15(13)19)9-12(18)5-6-17(16,20-3)21-4/h5-8H,9H2,1-4H3. The Morgan fingerprint density at radius 3 is 2.36 bits per heavy atom. The van der Waals surface area contributed by atoms with E-state index in [2.05, 4.69) is 0 Å². The zero-order chi connectivity index (χ0) is 16.1. The molecule has 1 unspecified atom stereocenters. The normalized spacial score (nSPS) is 25.5. The van der Waals surface area contributed by atoms with Crippen LogP contribution in [0.1, 0.15) is 27.9 Å². The molecule has 116 valence electrons. The van der Waals surface area contributed by atoms with Crippen molar-refractivity contribution in [3.05, 3.63) is 41.0 Å². The molecule has 1 aromatic rings. The van der Waals surface area contributed by atoms with E-state index in [4.69, 9.17) is 14.2 Å². The third kappa shape index (κ3) is 1.72. The van der Waals surface area contributed by atoms with E-state index < -0.39 is 11.4 Å². The summed E-state index contributed by atoms with van der Waals surface area (Å²) >= 11 is 0. The summed E-state index contributed by atoms with van der Waals surface area (Å²) < 4.78 is 16.9. The van der Waals surface area contributed by atoms with Crippen LogP contribution in [0, 0.1) is 13.8 Å². The van der Waals surface area contributed by atoms with Crippen LogP contribution in [0.4, 0.5) is 0 Å². The summed E-state index contributed by atoms with van der Waals surface area (Å²) in [7, 11) is 2.86. The summed E-state index contributed by atoms with van der Waals surface area (Å²) in [5.41, 5.74) is 0.961. The molecule has 2 aliphatic rings. The second-order valence-electron chi connectivity index (χ2n) is 5.74. The highest BCUT2D eigenvalue weighted by atomic mass is 16.7. The topological polar surface area (TPSA) is 61.8 Å². The number of benzene rings is 1. The van der Waals surface area contributed by atoms with E-state index in [-0.39, 0.29) is 18.0 Å². The summed E-state index contributed by atoms with van der Waals surface area (Å²) in [6, 6.07) is 3.61. The Kier molecular flexibility index (Phi) is 3.23. The molecule has 1 aliphatic heterocycles. The van der Waals surface area contributed by atoms with E-state index >= 15 is 0 Å². The van der Waals surface area contributed by atoms with Crippen LogP contribution in [-0.2, 0) is 14.3 Å². The largest absolute Gasteiger partial charge is 0.472 e. The van der Waals surface area contributed by atoms with Crippen molar-refractivity contribution in [2.75, 3.05) is 14.2 Å². The van der Waals surface area contributed by atoms with E-state index in [9.17, 15) is 9.59 Å². The molecule has 0 amide bonds. The van der Waals surface area contributed by atoms with Crippen LogP contribution < -0.4 is 4.74 Å². The Hall–Kier alpha value is -1.98. The molecule has 3 rings (SSSR count). The fourth-order valence-corrected chi connectivity index (χ4v) is 3.16. The first-order chi connectivity index (χ1) is 10.4. The molecular weight excluding hydrogens is 284 g/mol. The molecule has 0 saturated heterocycles. The predicted octanol–water partition coefficient (Wildman–Crippen LogP) is 2.14. The maximum absolute atomic E-state index is 13.0. The highest BCUT2D eigenvalue weighted by molar-refractivity contribution is 6.12. The van der Waals surface area contributed by atoms with Gasteiger partial charge in [0.2, 0.25) is 17.2 Å². The lowest BCUT2D eigenvalue weighted by atomic mass is 9.78. The van der Waals surface area contributed by atoms with E-state index in [0.29, 0.717) is 11.3 Å². The first-order valence-electron chi connectivity index (χ1n) is 7.06. The quantitative estimate of drug-likeness (QED) is 0.783. The number of aryl methyl sites for hydroxylation is 2. The Morgan fingerprint density at radius 2 is 1.73 bits per heavy atom. The van der Waals surface area contributed by atoms with Crippen molar-refractivity contribution in [3.63, 3.8) is 0 Å². The van der Waals surface area contributed by atoms with Crippen LogP contribution in [0.5, 0.6) is 5.75 Å². The number of hydrogen-bond acceptors (Lipinski definition) is 5. The first-order valence-corrected chi connectivity index (χ1v) is 7.06. The van der Waals surface area contributed by atoms with Gasteiger partial charge in [0.25, 0.3) is 0 Å². The van der Waals surface area contributed by atoms with E-state index in [1.54, 1.807) is 6.07 Å². The highest BCUT2D eigenvalue weighted by Gasteiger charge is 2.65. The van der Waals surface area contributed by atoms with Gasteiger partial charge in [-0.3, -0.25) is 9.59 Å². The van der Waals surface area contributed by atoms with Gasteiger partial charge in [0.1, 0.15) is 5.75 Å². The maximum Gasteiger partial charge on any atom is 0.237 e. The van der Waals surface area contributed by atoms with Crippen LogP contribution in [0.3, 0.4) is 0 Å². The Labute approximate surface area is 128 Å². The average molecular weight is 302 g/mol. The Morgan fingerprint density at radius 1 is 1.09 bits per heavy atom. The van der Waals surface area contributed by atoms with Crippen molar-refractivity contribution in [2.45, 2.75) is 31.7 Å². The summed E-state index contributed by atoms with van der Waals surface area (Å²) in [6.07, 6.45) is 2.72. The maximum atomic E-state index is 13.0. The molecule has 0 N–H and O–H groups in total. The van der Waals surface area contributed by atoms with Gasteiger partial charge in [-0.15, -0.1) is 0 Å². The number of allylic oxidation sites excluding steroid dienone is 1. The highest BCUT2D eigenvalue weighted by Crippen LogP contribution is 2.48. The zero-order valence-corrected chi connectivity index (χ0v) is 13.1. The lowest BCUT2D eigenvalue weighted by Crippen LogP contribution is -2.64. The van der Waals surface area contributed by atoms with E-state index in [0.717, 1.165) is 11.1 Å². The first kappa shape index (κ1) is 14.9. The molecule has 1 aromatic carbocycles. The molecule has 0 fully saturated rings. The van der Waals surface area contributed by atoms with Gasteiger partial charge >= 0.3 is 0 Å². The lowest BCUT2D eigenvalue weighted by molar-refractivity contribution is -0.244. The molecule has 0 bridgehead atoms. The molecule has 0 radical (unpaired) electrons. The summed E-state index contributed by atoms with van der Waals surface area (Å²) in [5, 5.41) is 0. The van der Waals surface area contributed by atoms with Crippen LogP contribution in [0.15, 0.2) is 24.3 Å². The second-order valence-corrected chi connectivity index (χ2v) is 5.74. The summed E-state index contributed by atoms with van der Waals surface area (Å²) in [4.78, 5) is 25.0. The zero-order valence-electron chi connectivity index (χ0n) is 13.1. The summed E-state index contributed by atoms with van der Waals surface area (Å²) in [6.45, 7) is 3.87. The monoisotopic (exact) mass is 302 g/mol. The minimum Gasteiger partial charge on any atom is -0.472 e. The third-order valence-corrected chi connectivity index (χ3v) is 4.57. The van der Waals surface area contributed by atoms with Gasteiger partial charge in [-0.25, -0.2) is 0 Å². The number of fused-ring (bicyclic) bond motifs is 1. The van der Waals surface area contributed by atoms with Gasteiger partial charge in [-0.05, 0) is 49.3 Å². The molecule has 1 atom stereocenters. The van der Waals surface area contributed by atoms with Gasteiger partial charge in [-0.1, -0.05) is 0 Å². The minimum absolute atomic E-state index is 0.114. The van der Waals surface area contributed by atoms with Crippen LogP contribution in [0.2, 0.25) is 0 Å². The van der Waals surface area contributed by atoms with Crippen molar-refractivity contribution in [3.8, 4) is 5.75 Å². The molecule has 5 heteroatoms. The molecule has 0 aromatic heterocycles. The molecule has 1 heterocycles. The van der Waals surface area contributed by atoms with Gasteiger partial charge in [-0.2, -0.15) is 0 Å². The fraction of sp³-hybridized carbons (Fsp3) is 0.412. The van der Waals surface area contributed by atoms with E-state index in [1.807, 2.05) is 19.9 Å². The third-order valence-electron chi connectivity index (χ3n) is 4.57. The molecule has 5 nitrogen and oxygen atoms in total. The number of rotatable bonds is 2.